The van der Waals surface area contributed by atoms with E-state index in [0.717, 1.165) is 0 Å². The van der Waals surface area contributed by atoms with Crippen molar-refractivity contribution in [2.24, 2.45) is 0 Å². The molecule has 0 aliphatic rings. The molecule has 0 atom stereocenters. The largest absolute Gasteiger partial charge is 1.00 e. The van der Waals surface area contributed by atoms with Crippen molar-refractivity contribution < 1.29 is 29.6 Å². The molecule has 1 heteroatoms. The quantitative estimate of drug-likeness (QED) is 0.305. The molecule has 0 heterocycles. The average molecular weight is 150 g/mol. The minimum atomic E-state index is 0. The van der Waals surface area contributed by atoms with Gasteiger partial charge in [-0.05, 0) is 0 Å². The molecule has 0 aliphatic heterocycles. The molecule has 0 aromatic carbocycles. The molecule has 0 nitrogen and oxygen atoms in total. The first-order chi connectivity index (χ1) is 4.27. The van der Waals surface area contributed by atoms with Gasteiger partial charge in [-0.3, -0.25) is 0 Å². The Labute approximate surface area is 88.1 Å². The van der Waals surface area contributed by atoms with Gasteiger partial charge in [-0.2, -0.15) is 20.3 Å². The van der Waals surface area contributed by atoms with E-state index in [1.807, 2.05) is 0 Å². The van der Waals surface area contributed by atoms with Gasteiger partial charge < -0.3 is 5.92 Å². The molecule has 0 radical (unpaired) electrons. The average Bonchev–Trinajstić information content (AvgIpc) is 1.80. The maximum absolute atomic E-state index is 2.25. The molecule has 0 saturated heterocycles. The molecule has 0 aromatic rings. The van der Waals surface area contributed by atoms with Crippen LogP contribution in [0.3, 0.4) is 0 Å². The SMILES string of the molecule is CCCCCC[C-](C)C.[Na+]. The summed E-state index contributed by atoms with van der Waals surface area (Å²) in [6.07, 6.45) is 6.91. The van der Waals surface area contributed by atoms with Crippen molar-refractivity contribution in [3.63, 3.8) is 0 Å². The van der Waals surface area contributed by atoms with E-state index in [4.69, 9.17) is 0 Å². The zero-order chi connectivity index (χ0) is 7.11. The molecule has 0 aromatic heterocycles. The molecule has 0 unspecified atom stereocenters. The van der Waals surface area contributed by atoms with Gasteiger partial charge in [-0.15, -0.1) is 0 Å². The van der Waals surface area contributed by atoms with E-state index in [1.54, 1.807) is 5.92 Å². The Balaban J connectivity index is 0. The van der Waals surface area contributed by atoms with E-state index >= 15 is 0 Å². The summed E-state index contributed by atoms with van der Waals surface area (Å²) in [4.78, 5) is 0. The first kappa shape index (κ1) is 13.6. The van der Waals surface area contributed by atoms with Crippen LogP contribution in [0, 0.1) is 5.92 Å². The summed E-state index contributed by atoms with van der Waals surface area (Å²) in [5.74, 6) is 1.58. The smallest absolute Gasteiger partial charge is 0.320 e. The van der Waals surface area contributed by atoms with Gasteiger partial charge in [0.05, 0.1) is 0 Å². The summed E-state index contributed by atoms with van der Waals surface area (Å²) in [6.45, 7) is 6.68. The van der Waals surface area contributed by atoms with Crippen molar-refractivity contribution in [2.45, 2.75) is 52.9 Å². The molecule has 56 valence electrons. The van der Waals surface area contributed by atoms with Crippen molar-refractivity contribution in [3.05, 3.63) is 5.92 Å². The van der Waals surface area contributed by atoms with Gasteiger partial charge in [0.15, 0.2) is 0 Å². The van der Waals surface area contributed by atoms with Crippen LogP contribution in [-0.4, -0.2) is 0 Å². The summed E-state index contributed by atoms with van der Waals surface area (Å²) < 4.78 is 0. The van der Waals surface area contributed by atoms with Gasteiger partial charge in [0.2, 0.25) is 0 Å². The minimum absolute atomic E-state index is 0. The second-order valence-electron chi connectivity index (χ2n) is 3.02. The van der Waals surface area contributed by atoms with E-state index in [0.29, 0.717) is 0 Å². The van der Waals surface area contributed by atoms with Crippen molar-refractivity contribution >= 4 is 0 Å². The third-order valence-electron chi connectivity index (χ3n) is 1.53. The Kier molecular flexibility index (Phi) is 13.6. The predicted octanol–water partition coefficient (Wildman–Crippen LogP) is 0.575. The Morgan fingerprint density at radius 3 is 2.00 bits per heavy atom. The van der Waals surface area contributed by atoms with Crippen LogP contribution in [0.15, 0.2) is 0 Å². The fraction of sp³-hybridized carbons (Fsp3) is 0.889. The number of rotatable bonds is 5. The van der Waals surface area contributed by atoms with Crippen LogP contribution < -0.4 is 29.6 Å². The maximum atomic E-state index is 2.25. The second kappa shape index (κ2) is 10.0. The second-order valence-corrected chi connectivity index (χ2v) is 3.02. The van der Waals surface area contributed by atoms with E-state index in [-0.39, 0.29) is 29.6 Å². The zero-order valence-electron chi connectivity index (χ0n) is 8.04. The van der Waals surface area contributed by atoms with Crippen molar-refractivity contribution in [1.29, 1.82) is 0 Å². The Hall–Kier alpha value is 1.00. The van der Waals surface area contributed by atoms with Crippen LogP contribution >= 0.6 is 0 Å². The number of hydrogen-bond acceptors (Lipinski definition) is 0. The molecule has 0 spiro atoms. The molecule has 0 rings (SSSR count). The molecule has 0 fully saturated rings. The molecule has 0 aliphatic carbocycles. The van der Waals surface area contributed by atoms with Gasteiger partial charge in [0, 0.05) is 0 Å². The molecular weight excluding hydrogens is 131 g/mol. The van der Waals surface area contributed by atoms with Crippen molar-refractivity contribution in [3.8, 4) is 0 Å². The van der Waals surface area contributed by atoms with E-state index in [1.165, 1.54) is 32.1 Å². The van der Waals surface area contributed by atoms with E-state index in [2.05, 4.69) is 20.8 Å². The van der Waals surface area contributed by atoms with Crippen molar-refractivity contribution in [1.82, 2.24) is 0 Å². The third kappa shape index (κ3) is 11.8. The standard InChI is InChI=1S/C9H19.Na/c1-4-5-6-7-8-9(2)3;/h4-8H2,1-3H3;/q-1;+1. The van der Waals surface area contributed by atoms with Gasteiger partial charge in [-0.1, -0.05) is 32.6 Å². The maximum Gasteiger partial charge on any atom is 1.00 e. The topological polar surface area (TPSA) is 0 Å². The van der Waals surface area contributed by atoms with Gasteiger partial charge >= 0.3 is 29.6 Å². The molecule has 0 saturated carbocycles. The van der Waals surface area contributed by atoms with E-state index < -0.39 is 0 Å². The van der Waals surface area contributed by atoms with Crippen LogP contribution in [-0.2, 0) is 0 Å². The van der Waals surface area contributed by atoms with Crippen LogP contribution in [0.5, 0.6) is 0 Å². The van der Waals surface area contributed by atoms with E-state index in [9.17, 15) is 0 Å². The zero-order valence-corrected chi connectivity index (χ0v) is 10.0. The van der Waals surface area contributed by atoms with Crippen LogP contribution in [0.1, 0.15) is 52.9 Å². The van der Waals surface area contributed by atoms with Gasteiger partial charge in [-0.25, -0.2) is 0 Å². The normalized spacial score (nSPS) is 9.60. The minimum Gasteiger partial charge on any atom is -0.320 e. The summed E-state index contributed by atoms with van der Waals surface area (Å²) in [7, 11) is 0. The summed E-state index contributed by atoms with van der Waals surface area (Å²) in [5, 5.41) is 0. The molecule has 10 heavy (non-hydrogen) atoms. The van der Waals surface area contributed by atoms with Gasteiger partial charge in [0.25, 0.3) is 0 Å². The summed E-state index contributed by atoms with van der Waals surface area (Å²) >= 11 is 0. The molecule has 0 amide bonds. The summed E-state index contributed by atoms with van der Waals surface area (Å²) in [5.41, 5.74) is 0. The number of hydrogen-bond donors (Lipinski definition) is 0. The fourth-order valence-electron chi connectivity index (χ4n) is 0.905. The number of unbranched alkanes of at least 4 members (excludes halogenated alkanes) is 3. The molecular formula is C9H19Na. The Bertz CT molecular complexity index is 50.7. The Morgan fingerprint density at radius 2 is 1.60 bits per heavy atom. The van der Waals surface area contributed by atoms with Crippen molar-refractivity contribution in [2.75, 3.05) is 0 Å². The molecule has 0 N–H and O–H groups in total. The van der Waals surface area contributed by atoms with Crippen LogP contribution in [0.2, 0.25) is 0 Å². The summed E-state index contributed by atoms with van der Waals surface area (Å²) in [6, 6.07) is 0. The fourth-order valence-corrected chi connectivity index (χ4v) is 0.905. The first-order valence-corrected chi connectivity index (χ1v) is 4.06. The Morgan fingerprint density at radius 1 is 1.00 bits per heavy atom. The van der Waals surface area contributed by atoms with Crippen LogP contribution in [0.25, 0.3) is 0 Å². The third-order valence-corrected chi connectivity index (χ3v) is 1.53. The first-order valence-electron chi connectivity index (χ1n) is 4.06. The predicted molar refractivity (Wildman–Crippen MR) is 43.4 cm³/mol. The van der Waals surface area contributed by atoms with Gasteiger partial charge in [0.1, 0.15) is 0 Å². The molecule has 0 bridgehead atoms. The van der Waals surface area contributed by atoms with Crippen LogP contribution in [0.4, 0.5) is 0 Å². The monoisotopic (exact) mass is 150 g/mol.